The Kier molecular flexibility index (Phi) is 5.15. The van der Waals surface area contributed by atoms with Crippen LogP contribution in [0.2, 0.25) is 0 Å². The second-order valence-corrected chi connectivity index (χ2v) is 9.52. The van der Waals surface area contributed by atoms with Crippen LogP contribution in [0.15, 0.2) is 40.6 Å². The van der Waals surface area contributed by atoms with Gasteiger partial charge in [-0.1, -0.05) is 0 Å². The van der Waals surface area contributed by atoms with Crippen molar-refractivity contribution in [2.24, 2.45) is 25.9 Å². The molecule has 0 spiro atoms. The molecule has 4 aromatic rings. The van der Waals surface area contributed by atoms with Crippen molar-refractivity contribution in [1.82, 2.24) is 38.6 Å². The van der Waals surface area contributed by atoms with E-state index in [9.17, 15) is 23.2 Å². The van der Waals surface area contributed by atoms with E-state index in [4.69, 9.17) is 0 Å². The fourth-order valence-corrected chi connectivity index (χ4v) is 4.85. The fourth-order valence-electron chi connectivity index (χ4n) is 4.85. The van der Waals surface area contributed by atoms with E-state index in [2.05, 4.69) is 30.2 Å². The van der Waals surface area contributed by atoms with E-state index in [1.807, 2.05) is 0 Å². The number of piperidine rings is 1. The zero-order valence-electron chi connectivity index (χ0n) is 20.5. The lowest BCUT2D eigenvalue weighted by molar-refractivity contribution is -0.118. The molecule has 0 radical (unpaired) electrons. The highest BCUT2D eigenvalue weighted by molar-refractivity contribution is 5.93. The fraction of sp³-hybridized carbons (Fsp3) is 0.391. The van der Waals surface area contributed by atoms with Crippen LogP contribution in [0.25, 0.3) is 22.6 Å². The first-order chi connectivity index (χ1) is 18.1. The van der Waals surface area contributed by atoms with Crippen molar-refractivity contribution in [3.05, 3.63) is 51.8 Å². The first-order valence-corrected chi connectivity index (χ1v) is 11.8. The van der Waals surface area contributed by atoms with Crippen LogP contribution in [0.4, 0.5) is 20.5 Å². The summed E-state index contributed by atoms with van der Waals surface area (Å²) in [6.07, 6.45) is 5.81. The van der Waals surface area contributed by atoms with Gasteiger partial charge in [0.25, 0.3) is 11.5 Å². The third-order valence-electron chi connectivity index (χ3n) is 7.26. The second-order valence-electron chi connectivity index (χ2n) is 9.52. The number of halogens is 2. The van der Waals surface area contributed by atoms with Crippen molar-refractivity contribution in [1.29, 1.82) is 0 Å². The number of aromatic nitrogens is 8. The maximum atomic E-state index is 13.5. The molecule has 1 aliphatic carbocycles. The lowest BCUT2D eigenvalue weighted by Crippen LogP contribution is -2.38. The number of carbonyl (C=O) groups is 1. The molecule has 1 aliphatic heterocycles. The molecule has 4 aromatic heterocycles. The third-order valence-corrected chi connectivity index (χ3v) is 7.26. The van der Waals surface area contributed by atoms with Gasteiger partial charge in [0, 0.05) is 45.8 Å². The van der Waals surface area contributed by atoms with Crippen LogP contribution in [0.1, 0.15) is 13.0 Å². The summed E-state index contributed by atoms with van der Waals surface area (Å²) in [4.78, 5) is 61.0. The van der Waals surface area contributed by atoms with Crippen LogP contribution in [0.3, 0.4) is 0 Å². The molecule has 0 aromatic carbocycles. The van der Waals surface area contributed by atoms with Crippen LogP contribution in [0, 0.1) is 11.8 Å². The Morgan fingerprint density at radius 1 is 1.08 bits per heavy atom. The topological polar surface area (TPSA) is 146 Å². The number of fused-ring (bicyclic) bond motifs is 2. The molecule has 6 rings (SSSR count). The number of amides is 1. The average Bonchev–Trinajstić information content (AvgIpc) is 3.34. The Morgan fingerprint density at radius 2 is 1.76 bits per heavy atom. The average molecular weight is 524 g/mol. The van der Waals surface area contributed by atoms with Gasteiger partial charge >= 0.3 is 5.69 Å². The van der Waals surface area contributed by atoms with Gasteiger partial charge in [0.05, 0.1) is 23.7 Å². The van der Waals surface area contributed by atoms with E-state index >= 15 is 0 Å². The zero-order valence-corrected chi connectivity index (χ0v) is 20.5. The monoisotopic (exact) mass is 524 g/mol. The summed E-state index contributed by atoms with van der Waals surface area (Å²) in [5.74, 6) is -3.48. The van der Waals surface area contributed by atoms with Crippen LogP contribution < -0.4 is 21.5 Å². The second kappa shape index (κ2) is 8.22. The molecule has 1 saturated carbocycles. The van der Waals surface area contributed by atoms with Gasteiger partial charge in [-0.15, -0.1) is 0 Å². The number of hydrogen-bond acceptors (Lipinski definition) is 9. The van der Waals surface area contributed by atoms with Gasteiger partial charge in [0.1, 0.15) is 11.9 Å². The molecule has 196 valence electrons. The number of imidazole rings is 1. The van der Waals surface area contributed by atoms with E-state index in [-0.39, 0.29) is 35.9 Å². The van der Waals surface area contributed by atoms with E-state index in [0.29, 0.717) is 11.5 Å². The maximum absolute atomic E-state index is 13.5. The Bertz CT molecular complexity index is 1700. The van der Waals surface area contributed by atoms with Crippen molar-refractivity contribution in [3.8, 4) is 11.4 Å². The van der Waals surface area contributed by atoms with Crippen LogP contribution in [0.5, 0.6) is 0 Å². The molecule has 2 aliphatic rings. The molecule has 3 unspecified atom stereocenters. The summed E-state index contributed by atoms with van der Waals surface area (Å²) < 4.78 is 30.5. The summed E-state index contributed by atoms with van der Waals surface area (Å²) in [6.45, 7) is 2.04. The van der Waals surface area contributed by atoms with Crippen molar-refractivity contribution < 1.29 is 13.6 Å². The molecule has 15 heteroatoms. The van der Waals surface area contributed by atoms with Gasteiger partial charge in [-0.2, -0.15) is 0 Å². The molecule has 5 heterocycles. The Morgan fingerprint density at radius 3 is 2.45 bits per heavy atom. The van der Waals surface area contributed by atoms with Crippen molar-refractivity contribution in [3.63, 3.8) is 0 Å². The normalized spacial score (nSPS) is 20.4. The molecule has 0 bridgehead atoms. The number of alkyl halides is 2. The van der Waals surface area contributed by atoms with E-state index in [1.165, 1.54) is 54.2 Å². The van der Waals surface area contributed by atoms with Crippen LogP contribution >= 0.6 is 0 Å². The first kappa shape index (κ1) is 23.8. The molecule has 3 atom stereocenters. The van der Waals surface area contributed by atoms with Crippen LogP contribution in [-0.2, 0) is 18.9 Å². The largest absolute Gasteiger partial charge is 0.340 e. The molecule has 2 fully saturated rings. The summed E-state index contributed by atoms with van der Waals surface area (Å²) >= 11 is 0. The summed E-state index contributed by atoms with van der Waals surface area (Å²) in [7, 11) is 2.85. The smallest absolute Gasteiger partial charge is 0.332 e. The van der Waals surface area contributed by atoms with Gasteiger partial charge in [-0.25, -0.2) is 38.5 Å². The number of anilines is 2. The Hall–Kier alpha value is -4.56. The number of carbonyl (C=O) groups excluding carboxylic acids is 1. The van der Waals surface area contributed by atoms with Crippen molar-refractivity contribution >= 4 is 28.8 Å². The maximum Gasteiger partial charge on any atom is 0.332 e. The van der Waals surface area contributed by atoms with Crippen LogP contribution in [-0.4, -0.2) is 63.5 Å². The number of nitrogens with zero attached hydrogens (tertiary/aromatic N) is 9. The van der Waals surface area contributed by atoms with Gasteiger partial charge in [0.2, 0.25) is 11.9 Å². The quantitative estimate of drug-likeness (QED) is 0.396. The van der Waals surface area contributed by atoms with Crippen molar-refractivity contribution in [2.75, 3.05) is 23.3 Å². The van der Waals surface area contributed by atoms with Gasteiger partial charge in [-0.05, 0) is 13.0 Å². The standard InChI is InChI=1S/C23H22F2N10O3/c1-11(35-10-29-18-16(35)20(37)33(3)22(38)32(18)2)19(36)31-15-4-5-26-17(30-15)12-6-27-21(28-7-12)34-8-13-14(9-34)23(13,24)25/h4-7,10-11,13-14H,8-9H2,1-3H3,(H,26,30,31,36). The predicted molar refractivity (Wildman–Crippen MR) is 131 cm³/mol. The molecular formula is C23H22F2N10O3. The summed E-state index contributed by atoms with van der Waals surface area (Å²) in [5, 5.41) is 2.70. The predicted octanol–water partition coefficient (Wildman–Crippen LogP) is 0.582. The van der Waals surface area contributed by atoms with Gasteiger partial charge in [0.15, 0.2) is 17.0 Å². The minimum absolute atomic E-state index is 0.122. The number of nitrogens with one attached hydrogen (secondary N) is 1. The Labute approximate surface area is 212 Å². The molecule has 1 amide bonds. The lowest BCUT2D eigenvalue weighted by Gasteiger charge is -2.19. The first-order valence-electron chi connectivity index (χ1n) is 11.8. The highest BCUT2D eigenvalue weighted by atomic mass is 19.3. The lowest BCUT2D eigenvalue weighted by atomic mass is 10.3. The highest BCUT2D eigenvalue weighted by Gasteiger charge is 2.72. The van der Waals surface area contributed by atoms with Crippen molar-refractivity contribution in [2.45, 2.75) is 18.9 Å². The number of hydrogen-bond donors (Lipinski definition) is 1. The molecule has 1 N–H and O–H groups in total. The van der Waals surface area contributed by atoms with E-state index in [1.54, 1.807) is 11.8 Å². The zero-order chi connectivity index (χ0) is 26.9. The molecule has 1 saturated heterocycles. The molecule has 13 nitrogen and oxygen atoms in total. The van der Waals surface area contributed by atoms with Gasteiger partial charge < -0.3 is 14.8 Å². The minimum atomic E-state index is -2.58. The minimum Gasteiger partial charge on any atom is -0.340 e. The number of aryl methyl sites for hydroxylation is 1. The van der Waals surface area contributed by atoms with Gasteiger partial charge in [-0.3, -0.25) is 18.7 Å². The van der Waals surface area contributed by atoms with E-state index < -0.39 is 41.0 Å². The molecule has 38 heavy (non-hydrogen) atoms. The number of rotatable bonds is 5. The highest BCUT2D eigenvalue weighted by Crippen LogP contribution is 2.59. The van der Waals surface area contributed by atoms with E-state index in [0.717, 1.165) is 4.57 Å². The third kappa shape index (κ3) is 3.56. The summed E-state index contributed by atoms with van der Waals surface area (Å²) in [6, 6.07) is 0.652. The SMILES string of the molecule is CC(C(=O)Nc1ccnc(-c2cnc(N3CC4C(C3)C4(F)F)nc2)n1)n1cnc2c1c(=O)n(C)c(=O)n2C. The summed E-state index contributed by atoms with van der Waals surface area (Å²) in [5.41, 5.74) is -0.304. The molecular weight excluding hydrogens is 502 g/mol. The Balaban J connectivity index is 1.19.